The van der Waals surface area contributed by atoms with Gasteiger partial charge in [-0.25, -0.2) is 8.42 Å². The van der Waals surface area contributed by atoms with Gasteiger partial charge in [0, 0.05) is 31.7 Å². The predicted octanol–water partition coefficient (Wildman–Crippen LogP) is 6.65. The van der Waals surface area contributed by atoms with Gasteiger partial charge in [0.1, 0.15) is 5.56 Å². The molecule has 0 bridgehead atoms. The van der Waals surface area contributed by atoms with Crippen molar-refractivity contribution >= 4 is 39.1 Å². The molecule has 2 fully saturated rings. The van der Waals surface area contributed by atoms with Gasteiger partial charge in [0.25, 0.3) is 5.91 Å². The highest BCUT2D eigenvalue weighted by molar-refractivity contribution is 7.89. The van der Waals surface area contributed by atoms with Gasteiger partial charge in [0.2, 0.25) is 10.0 Å². The molecule has 10 heteroatoms. The third-order valence-corrected chi connectivity index (χ3v) is 10.2. The number of hydrogen-bond donors (Lipinski definition) is 0. The van der Waals surface area contributed by atoms with E-state index in [1.807, 2.05) is 24.3 Å². The fourth-order valence-electron chi connectivity index (χ4n) is 5.07. The van der Waals surface area contributed by atoms with Gasteiger partial charge in [-0.05, 0) is 60.6 Å². The average molecular weight is 597 g/mol. The van der Waals surface area contributed by atoms with Crippen LogP contribution in [0.1, 0.15) is 40.4 Å². The van der Waals surface area contributed by atoms with Crippen molar-refractivity contribution in [3.05, 3.63) is 93.6 Å². The van der Waals surface area contributed by atoms with Crippen LogP contribution in [0.15, 0.2) is 76.1 Å². The molecule has 2 heterocycles. The number of rotatable bonds is 6. The SMILES string of the molecule is Cc1noc(-c2ccc(-c3ccc(C4CC4)cc3)cc2)c1C(=O)N1CCN(S(=O)(=O)c2ccc(Cl)c(Cl)c2)CC1. The van der Waals surface area contributed by atoms with Crippen molar-refractivity contribution in [2.24, 2.45) is 0 Å². The fraction of sp³-hybridized carbons (Fsp3) is 0.267. The Balaban J connectivity index is 1.16. The lowest BCUT2D eigenvalue weighted by atomic mass is 9.99. The standard InChI is InChI=1S/C30H27Cl2N3O4S/c1-19-28(30(36)34-14-16-35(17-15-34)40(37,38)25-12-13-26(31)27(32)18-25)29(39-33-19)24-10-8-23(9-11-24)22-6-4-21(5-7-22)20-2-3-20/h4-13,18,20H,2-3,14-17H2,1H3. The molecule has 1 saturated carbocycles. The minimum absolute atomic E-state index is 0.0705. The second kappa shape index (κ2) is 10.7. The van der Waals surface area contributed by atoms with Crippen LogP contribution in [0.25, 0.3) is 22.5 Å². The first-order chi connectivity index (χ1) is 19.2. The summed E-state index contributed by atoms with van der Waals surface area (Å²) in [6.45, 7) is 2.52. The first-order valence-corrected chi connectivity index (χ1v) is 15.3. The van der Waals surface area contributed by atoms with Crippen LogP contribution in [-0.2, 0) is 10.0 Å². The Kier molecular flexibility index (Phi) is 7.21. The van der Waals surface area contributed by atoms with Crippen molar-refractivity contribution in [3.63, 3.8) is 0 Å². The summed E-state index contributed by atoms with van der Waals surface area (Å²) in [6, 6.07) is 20.8. The van der Waals surface area contributed by atoms with Gasteiger partial charge in [-0.15, -0.1) is 0 Å². The van der Waals surface area contributed by atoms with Crippen LogP contribution in [0, 0.1) is 6.92 Å². The molecule has 2 aliphatic rings. The summed E-state index contributed by atoms with van der Waals surface area (Å²) >= 11 is 12.0. The lowest BCUT2D eigenvalue weighted by Gasteiger charge is -2.34. The molecule has 206 valence electrons. The predicted molar refractivity (Wildman–Crippen MR) is 155 cm³/mol. The number of nitrogens with zero attached hydrogens (tertiary/aromatic N) is 3. The summed E-state index contributed by atoms with van der Waals surface area (Å²) in [7, 11) is -3.77. The van der Waals surface area contributed by atoms with E-state index >= 15 is 0 Å². The highest BCUT2D eigenvalue weighted by atomic mass is 35.5. The monoisotopic (exact) mass is 595 g/mol. The maximum absolute atomic E-state index is 13.6. The molecule has 6 rings (SSSR count). The van der Waals surface area contributed by atoms with Crippen molar-refractivity contribution in [2.45, 2.75) is 30.6 Å². The number of aryl methyl sites for hydroxylation is 1. The van der Waals surface area contributed by atoms with Gasteiger partial charge in [0.05, 0.1) is 20.6 Å². The number of amides is 1. The number of benzene rings is 3. The van der Waals surface area contributed by atoms with Crippen molar-refractivity contribution in [3.8, 4) is 22.5 Å². The van der Waals surface area contributed by atoms with E-state index in [1.165, 1.54) is 40.9 Å². The molecule has 1 aromatic heterocycles. The number of carbonyl (C=O) groups excluding carboxylic acids is 1. The van der Waals surface area contributed by atoms with E-state index in [9.17, 15) is 13.2 Å². The molecule has 1 aliphatic carbocycles. The van der Waals surface area contributed by atoms with Gasteiger partial charge in [-0.1, -0.05) is 76.9 Å². The summed E-state index contributed by atoms with van der Waals surface area (Å²) in [5.41, 5.74) is 5.24. The molecule has 7 nitrogen and oxygen atoms in total. The third kappa shape index (κ3) is 5.17. The summed E-state index contributed by atoms with van der Waals surface area (Å²) in [5.74, 6) is 0.890. The Morgan fingerprint density at radius 2 is 1.45 bits per heavy atom. The second-order valence-electron chi connectivity index (χ2n) is 10.2. The van der Waals surface area contributed by atoms with Crippen LogP contribution in [0.2, 0.25) is 10.0 Å². The van der Waals surface area contributed by atoms with Gasteiger partial charge in [-0.3, -0.25) is 4.79 Å². The fourth-order valence-corrected chi connectivity index (χ4v) is 6.88. The number of hydrogen-bond acceptors (Lipinski definition) is 5. The zero-order chi connectivity index (χ0) is 28.0. The summed E-state index contributed by atoms with van der Waals surface area (Å²) in [6.07, 6.45) is 2.55. The van der Waals surface area contributed by atoms with E-state index in [0.29, 0.717) is 17.0 Å². The lowest BCUT2D eigenvalue weighted by molar-refractivity contribution is 0.0697. The van der Waals surface area contributed by atoms with Gasteiger partial charge in [-0.2, -0.15) is 4.31 Å². The Morgan fingerprint density at radius 1 is 0.850 bits per heavy atom. The molecule has 0 spiro atoms. The van der Waals surface area contributed by atoms with Crippen LogP contribution in [-0.4, -0.2) is 54.9 Å². The maximum atomic E-state index is 13.6. The quantitative estimate of drug-likeness (QED) is 0.249. The minimum atomic E-state index is -3.77. The number of aromatic nitrogens is 1. The molecule has 1 aliphatic heterocycles. The van der Waals surface area contributed by atoms with Crippen LogP contribution in [0.4, 0.5) is 0 Å². The molecule has 1 saturated heterocycles. The molecule has 40 heavy (non-hydrogen) atoms. The zero-order valence-corrected chi connectivity index (χ0v) is 24.1. The first-order valence-electron chi connectivity index (χ1n) is 13.1. The van der Waals surface area contributed by atoms with Crippen LogP contribution >= 0.6 is 23.2 Å². The summed E-state index contributed by atoms with van der Waals surface area (Å²) in [5, 5.41) is 4.54. The number of piperazine rings is 1. The van der Waals surface area contributed by atoms with E-state index in [4.69, 9.17) is 27.7 Å². The second-order valence-corrected chi connectivity index (χ2v) is 13.0. The summed E-state index contributed by atoms with van der Waals surface area (Å²) < 4.78 is 33.2. The molecule has 3 aromatic carbocycles. The number of sulfonamides is 1. The molecule has 0 radical (unpaired) electrons. The molecule has 4 aromatic rings. The maximum Gasteiger partial charge on any atom is 0.259 e. The van der Waals surface area contributed by atoms with Crippen molar-refractivity contribution in [1.82, 2.24) is 14.4 Å². The third-order valence-electron chi connectivity index (χ3n) is 7.57. The Bertz CT molecular complexity index is 1670. The first kappa shape index (κ1) is 27.0. The Hall–Kier alpha value is -3.17. The zero-order valence-electron chi connectivity index (χ0n) is 21.8. The van der Waals surface area contributed by atoms with Crippen LogP contribution in [0.5, 0.6) is 0 Å². The average Bonchev–Trinajstić information content (AvgIpc) is 3.76. The van der Waals surface area contributed by atoms with E-state index in [1.54, 1.807) is 11.8 Å². The molecule has 1 amide bonds. The molecular formula is C30H27Cl2N3O4S. The van der Waals surface area contributed by atoms with Gasteiger partial charge in [0.15, 0.2) is 5.76 Å². The van der Waals surface area contributed by atoms with Crippen LogP contribution in [0.3, 0.4) is 0 Å². The highest BCUT2D eigenvalue weighted by Crippen LogP contribution is 2.40. The molecular weight excluding hydrogens is 569 g/mol. The number of carbonyl (C=O) groups is 1. The van der Waals surface area contributed by atoms with E-state index < -0.39 is 10.0 Å². The highest BCUT2D eigenvalue weighted by Gasteiger charge is 2.33. The van der Waals surface area contributed by atoms with E-state index in [-0.39, 0.29) is 47.0 Å². The van der Waals surface area contributed by atoms with Gasteiger partial charge >= 0.3 is 0 Å². The van der Waals surface area contributed by atoms with Crippen LogP contribution < -0.4 is 0 Å². The van der Waals surface area contributed by atoms with E-state index in [2.05, 4.69) is 29.4 Å². The van der Waals surface area contributed by atoms with Crippen molar-refractivity contribution in [1.29, 1.82) is 0 Å². The Morgan fingerprint density at radius 3 is 2.05 bits per heavy atom. The topological polar surface area (TPSA) is 83.7 Å². The van der Waals surface area contributed by atoms with Gasteiger partial charge < -0.3 is 9.42 Å². The Labute approximate surface area is 243 Å². The van der Waals surface area contributed by atoms with Crippen molar-refractivity contribution in [2.75, 3.05) is 26.2 Å². The largest absolute Gasteiger partial charge is 0.355 e. The minimum Gasteiger partial charge on any atom is -0.355 e. The molecule has 0 N–H and O–H groups in total. The number of halogens is 2. The smallest absolute Gasteiger partial charge is 0.259 e. The normalized spacial score (nSPS) is 16.3. The lowest BCUT2D eigenvalue weighted by Crippen LogP contribution is -2.50. The summed E-state index contributed by atoms with van der Waals surface area (Å²) in [4.78, 5) is 15.3. The molecule has 0 unspecified atom stereocenters. The molecule has 0 atom stereocenters. The van der Waals surface area contributed by atoms with Crippen molar-refractivity contribution < 1.29 is 17.7 Å². The van der Waals surface area contributed by atoms with E-state index in [0.717, 1.165) is 22.6 Å².